The number of rotatable bonds is 5. The highest BCUT2D eigenvalue weighted by molar-refractivity contribution is 5.84. The minimum Gasteiger partial charge on any atom is -0.462 e. The molecular formula is C17H23NO3. The first-order chi connectivity index (χ1) is 10.1. The number of carbonyl (C=O) groups is 2. The molecule has 1 fully saturated rings. The highest BCUT2D eigenvalue weighted by Gasteiger charge is 2.30. The van der Waals surface area contributed by atoms with Crippen molar-refractivity contribution in [2.24, 2.45) is 5.92 Å². The smallest absolute Gasteiger partial charge is 0.309 e. The molecule has 1 aromatic rings. The Labute approximate surface area is 126 Å². The summed E-state index contributed by atoms with van der Waals surface area (Å²) in [7, 11) is 1.77. The van der Waals surface area contributed by atoms with E-state index in [4.69, 9.17) is 4.74 Å². The van der Waals surface area contributed by atoms with Crippen molar-refractivity contribution in [1.29, 1.82) is 0 Å². The molecule has 1 aromatic carbocycles. The summed E-state index contributed by atoms with van der Waals surface area (Å²) in [6, 6.07) is 10.0. The van der Waals surface area contributed by atoms with Crippen LogP contribution in [0.25, 0.3) is 0 Å². The van der Waals surface area contributed by atoms with Gasteiger partial charge in [0, 0.05) is 26.4 Å². The first kappa shape index (κ1) is 15.5. The van der Waals surface area contributed by atoms with Crippen LogP contribution in [0.2, 0.25) is 0 Å². The maximum atomic E-state index is 12.2. The van der Waals surface area contributed by atoms with Crippen molar-refractivity contribution in [3.05, 3.63) is 35.9 Å². The van der Waals surface area contributed by atoms with Gasteiger partial charge in [0.15, 0.2) is 0 Å². The molecule has 1 aliphatic heterocycles. The molecule has 0 spiro atoms. The van der Waals surface area contributed by atoms with E-state index in [0.717, 1.165) is 18.4 Å². The van der Waals surface area contributed by atoms with Gasteiger partial charge in [0.2, 0.25) is 5.91 Å². The molecule has 0 aliphatic carbocycles. The Kier molecular flexibility index (Phi) is 5.37. The molecule has 1 heterocycles. The molecule has 0 saturated carbocycles. The summed E-state index contributed by atoms with van der Waals surface area (Å²) in [6.07, 6.45) is 2.36. The van der Waals surface area contributed by atoms with Crippen molar-refractivity contribution in [2.45, 2.75) is 38.7 Å². The van der Waals surface area contributed by atoms with Gasteiger partial charge >= 0.3 is 5.97 Å². The minimum atomic E-state index is -0.279. The fourth-order valence-corrected chi connectivity index (χ4v) is 2.55. The Balaban J connectivity index is 1.89. The summed E-state index contributed by atoms with van der Waals surface area (Å²) in [5.41, 5.74) is 1.16. The molecule has 0 bridgehead atoms. The van der Waals surface area contributed by atoms with Crippen LogP contribution < -0.4 is 0 Å². The number of benzene rings is 1. The van der Waals surface area contributed by atoms with Gasteiger partial charge in [-0.15, -0.1) is 0 Å². The van der Waals surface area contributed by atoms with Crippen LogP contribution in [0.1, 0.15) is 31.7 Å². The number of likely N-dealkylation sites (tertiary alicyclic amines) is 1. The zero-order valence-corrected chi connectivity index (χ0v) is 12.7. The predicted octanol–water partition coefficient (Wildman–Crippen LogP) is 2.42. The summed E-state index contributed by atoms with van der Waals surface area (Å²) in [6.45, 7) is 2.65. The zero-order chi connectivity index (χ0) is 15.2. The normalized spacial score (nSPS) is 20.2. The van der Waals surface area contributed by atoms with Crippen molar-refractivity contribution in [2.75, 3.05) is 13.6 Å². The average Bonchev–Trinajstić information content (AvgIpc) is 2.50. The molecule has 0 N–H and O–H groups in total. The van der Waals surface area contributed by atoms with Crippen molar-refractivity contribution in [3.63, 3.8) is 0 Å². The summed E-state index contributed by atoms with van der Waals surface area (Å²) in [5.74, 6) is -0.475. The zero-order valence-electron chi connectivity index (χ0n) is 12.7. The Morgan fingerprint density at radius 2 is 2.10 bits per heavy atom. The lowest BCUT2D eigenvalue weighted by Crippen LogP contribution is -2.39. The maximum absolute atomic E-state index is 12.2. The second kappa shape index (κ2) is 7.25. The topological polar surface area (TPSA) is 46.6 Å². The van der Waals surface area contributed by atoms with Gasteiger partial charge in [-0.05, 0) is 18.4 Å². The highest BCUT2D eigenvalue weighted by atomic mass is 16.5. The summed E-state index contributed by atoms with van der Waals surface area (Å²) >= 11 is 0. The third kappa shape index (κ3) is 4.31. The first-order valence-electron chi connectivity index (χ1n) is 7.58. The molecule has 1 amide bonds. The van der Waals surface area contributed by atoms with Crippen LogP contribution >= 0.6 is 0 Å². The van der Waals surface area contributed by atoms with Crippen LogP contribution in [0, 0.1) is 5.92 Å². The van der Waals surface area contributed by atoms with Gasteiger partial charge in [-0.1, -0.05) is 37.3 Å². The van der Waals surface area contributed by atoms with Gasteiger partial charge in [0.05, 0.1) is 5.92 Å². The van der Waals surface area contributed by atoms with Crippen LogP contribution in [-0.2, 0) is 20.7 Å². The van der Waals surface area contributed by atoms with Crippen LogP contribution in [0.3, 0.4) is 0 Å². The third-order valence-corrected chi connectivity index (χ3v) is 4.04. The molecule has 0 aromatic heterocycles. The van der Waals surface area contributed by atoms with Crippen LogP contribution in [-0.4, -0.2) is 36.5 Å². The lowest BCUT2D eigenvalue weighted by Gasteiger charge is -2.28. The number of ether oxygens (including phenoxy) is 1. The van der Waals surface area contributed by atoms with E-state index >= 15 is 0 Å². The fourth-order valence-electron chi connectivity index (χ4n) is 2.55. The number of hydrogen-bond acceptors (Lipinski definition) is 3. The van der Waals surface area contributed by atoms with E-state index in [1.54, 1.807) is 11.9 Å². The van der Waals surface area contributed by atoms with Crippen LogP contribution in [0.15, 0.2) is 30.3 Å². The molecule has 21 heavy (non-hydrogen) atoms. The monoisotopic (exact) mass is 289 g/mol. The van der Waals surface area contributed by atoms with Gasteiger partial charge in [-0.25, -0.2) is 0 Å². The molecular weight excluding hydrogens is 266 g/mol. The molecule has 1 saturated heterocycles. The van der Waals surface area contributed by atoms with Crippen molar-refractivity contribution in [1.82, 2.24) is 4.90 Å². The van der Waals surface area contributed by atoms with E-state index in [2.05, 4.69) is 0 Å². The maximum Gasteiger partial charge on any atom is 0.309 e. The van der Waals surface area contributed by atoms with E-state index in [-0.39, 0.29) is 30.3 Å². The SMILES string of the molecule is CC[C@H](Cc1ccccc1)OC(=O)[C@@H]1CCN(C)C(=O)C1. The molecule has 0 unspecified atom stereocenters. The lowest BCUT2D eigenvalue weighted by atomic mass is 9.96. The van der Waals surface area contributed by atoms with Gasteiger partial charge in [-0.2, -0.15) is 0 Å². The van der Waals surface area contributed by atoms with Gasteiger partial charge in [0.1, 0.15) is 6.10 Å². The summed E-state index contributed by atoms with van der Waals surface area (Å²) < 4.78 is 5.62. The second-order valence-electron chi connectivity index (χ2n) is 5.66. The molecule has 4 heteroatoms. The number of hydrogen-bond donors (Lipinski definition) is 0. The van der Waals surface area contributed by atoms with Gasteiger partial charge < -0.3 is 9.64 Å². The Hall–Kier alpha value is -1.84. The first-order valence-corrected chi connectivity index (χ1v) is 7.58. The Morgan fingerprint density at radius 1 is 1.38 bits per heavy atom. The van der Waals surface area contributed by atoms with E-state index in [9.17, 15) is 9.59 Å². The largest absolute Gasteiger partial charge is 0.462 e. The molecule has 2 atom stereocenters. The summed E-state index contributed by atoms with van der Waals surface area (Å²) in [5, 5.41) is 0. The minimum absolute atomic E-state index is 0.0271. The third-order valence-electron chi connectivity index (χ3n) is 4.04. The van der Waals surface area contributed by atoms with E-state index in [0.29, 0.717) is 13.0 Å². The number of esters is 1. The quantitative estimate of drug-likeness (QED) is 0.782. The number of piperidine rings is 1. The molecule has 0 radical (unpaired) electrons. The molecule has 1 aliphatic rings. The average molecular weight is 289 g/mol. The standard InChI is InChI=1S/C17H23NO3/c1-3-15(11-13-7-5-4-6-8-13)21-17(20)14-9-10-18(2)16(19)12-14/h4-8,14-15H,3,9-12H2,1-2H3/t14-,15-/m1/s1. The molecule has 2 rings (SSSR count). The summed E-state index contributed by atoms with van der Waals surface area (Å²) in [4.78, 5) is 25.6. The van der Waals surface area contributed by atoms with Gasteiger partial charge in [-0.3, -0.25) is 9.59 Å². The fraction of sp³-hybridized carbons (Fsp3) is 0.529. The molecule has 4 nitrogen and oxygen atoms in total. The van der Waals surface area contributed by atoms with Crippen molar-refractivity contribution >= 4 is 11.9 Å². The van der Waals surface area contributed by atoms with Crippen LogP contribution in [0.5, 0.6) is 0 Å². The number of nitrogens with zero attached hydrogens (tertiary/aromatic N) is 1. The Morgan fingerprint density at radius 3 is 2.71 bits per heavy atom. The predicted molar refractivity (Wildman–Crippen MR) is 80.7 cm³/mol. The van der Waals surface area contributed by atoms with Crippen molar-refractivity contribution < 1.29 is 14.3 Å². The lowest BCUT2D eigenvalue weighted by molar-refractivity contribution is -0.158. The van der Waals surface area contributed by atoms with E-state index < -0.39 is 0 Å². The van der Waals surface area contributed by atoms with E-state index in [1.165, 1.54) is 0 Å². The van der Waals surface area contributed by atoms with Gasteiger partial charge in [0.25, 0.3) is 0 Å². The number of carbonyl (C=O) groups excluding carboxylic acids is 2. The molecule has 114 valence electrons. The van der Waals surface area contributed by atoms with E-state index in [1.807, 2.05) is 37.3 Å². The van der Waals surface area contributed by atoms with Crippen LogP contribution in [0.4, 0.5) is 0 Å². The number of amides is 1. The Bertz CT molecular complexity index is 486. The van der Waals surface area contributed by atoms with Crippen molar-refractivity contribution in [3.8, 4) is 0 Å². The highest BCUT2D eigenvalue weighted by Crippen LogP contribution is 2.20. The second-order valence-corrected chi connectivity index (χ2v) is 5.66.